The minimum Gasteiger partial charge on any atom is -0.464 e. The van der Waals surface area contributed by atoms with E-state index in [9.17, 15) is 14.4 Å². The first-order valence-electron chi connectivity index (χ1n) is 11.2. The van der Waals surface area contributed by atoms with Gasteiger partial charge in [0.05, 0.1) is 19.2 Å². The number of hydrogen-bond donors (Lipinski definition) is 2. The van der Waals surface area contributed by atoms with Crippen LogP contribution in [0, 0.1) is 13.8 Å². The molecule has 0 saturated heterocycles. The van der Waals surface area contributed by atoms with Crippen LogP contribution in [0.25, 0.3) is 11.0 Å². The molecule has 3 aromatic rings. The van der Waals surface area contributed by atoms with E-state index >= 15 is 0 Å². The van der Waals surface area contributed by atoms with Gasteiger partial charge in [-0.15, -0.1) is 0 Å². The minimum atomic E-state index is -1.02. The van der Waals surface area contributed by atoms with Crippen molar-refractivity contribution in [3.8, 4) is 0 Å². The maximum atomic E-state index is 12.4. The summed E-state index contributed by atoms with van der Waals surface area (Å²) in [5, 5.41) is 6.23. The Hall–Kier alpha value is -3.61. The summed E-state index contributed by atoms with van der Waals surface area (Å²) >= 11 is 0. The lowest BCUT2D eigenvalue weighted by molar-refractivity contribution is -0.154. The first-order valence-corrected chi connectivity index (χ1v) is 11.2. The molecule has 2 N–H and O–H groups in total. The topological polar surface area (TPSA) is 97.6 Å². The van der Waals surface area contributed by atoms with Crippen molar-refractivity contribution in [3.63, 3.8) is 0 Å². The van der Waals surface area contributed by atoms with E-state index < -0.39 is 18.0 Å². The van der Waals surface area contributed by atoms with E-state index in [2.05, 4.69) is 16.7 Å². The van der Waals surface area contributed by atoms with E-state index in [1.54, 1.807) is 6.26 Å². The number of carbonyl (C=O) groups is 3. The molecule has 2 aromatic carbocycles. The number of aryl methyl sites for hydroxylation is 4. The highest BCUT2D eigenvalue weighted by atomic mass is 16.5. The number of para-hydroxylation sites is 1. The third-order valence-corrected chi connectivity index (χ3v) is 6.05. The molecule has 1 aliphatic rings. The molecule has 0 bridgehead atoms. The van der Waals surface area contributed by atoms with Gasteiger partial charge < -0.3 is 19.8 Å². The summed E-state index contributed by atoms with van der Waals surface area (Å²) < 4.78 is 10.9. The lowest BCUT2D eigenvalue weighted by Crippen LogP contribution is -2.40. The van der Waals surface area contributed by atoms with Crippen molar-refractivity contribution in [3.05, 3.63) is 64.4 Å². The van der Waals surface area contributed by atoms with E-state index in [1.165, 1.54) is 18.1 Å². The highest BCUT2D eigenvalue weighted by Gasteiger charge is 2.21. The largest absolute Gasteiger partial charge is 0.464 e. The van der Waals surface area contributed by atoms with Crippen LogP contribution in [-0.4, -0.2) is 30.4 Å². The van der Waals surface area contributed by atoms with E-state index in [-0.39, 0.29) is 18.9 Å². The maximum Gasteiger partial charge on any atom is 0.311 e. The first kappa shape index (κ1) is 22.6. The summed E-state index contributed by atoms with van der Waals surface area (Å²) in [6.45, 7) is 5.07. The second kappa shape index (κ2) is 9.48. The van der Waals surface area contributed by atoms with Crippen molar-refractivity contribution in [1.29, 1.82) is 0 Å². The van der Waals surface area contributed by atoms with Gasteiger partial charge in [-0.05, 0) is 74.4 Å². The van der Waals surface area contributed by atoms with Crippen LogP contribution in [0.2, 0.25) is 0 Å². The highest BCUT2D eigenvalue weighted by molar-refractivity contribution is 5.96. The molecule has 1 unspecified atom stereocenters. The molecule has 33 heavy (non-hydrogen) atoms. The Morgan fingerprint density at radius 1 is 1.09 bits per heavy atom. The lowest BCUT2D eigenvalue weighted by Gasteiger charge is -2.14. The molecule has 172 valence electrons. The Kier molecular flexibility index (Phi) is 6.49. The Balaban J connectivity index is 1.28. The average molecular weight is 449 g/mol. The van der Waals surface area contributed by atoms with Crippen molar-refractivity contribution >= 4 is 34.4 Å². The van der Waals surface area contributed by atoms with Crippen molar-refractivity contribution in [2.45, 2.75) is 52.6 Å². The predicted octanol–water partition coefficient (Wildman–Crippen LogP) is 3.77. The zero-order valence-electron chi connectivity index (χ0n) is 19.1. The molecular formula is C26H28N2O5. The number of fused-ring (bicyclic) bond motifs is 2. The van der Waals surface area contributed by atoms with Crippen LogP contribution in [0.15, 0.2) is 41.0 Å². The monoisotopic (exact) mass is 448 g/mol. The number of hydrogen-bond acceptors (Lipinski definition) is 5. The number of benzene rings is 2. The van der Waals surface area contributed by atoms with Gasteiger partial charge in [0, 0.05) is 16.6 Å². The molecule has 1 aromatic heterocycles. The number of nitrogens with one attached hydrogen (secondary N) is 2. The van der Waals surface area contributed by atoms with Crippen LogP contribution in [0.3, 0.4) is 0 Å². The Morgan fingerprint density at radius 3 is 2.52 bits per heavy atom. The molecule has 0 spiro atoms. The zero-order valence-corrected chi connectivity index (χ0v) is 19.1. The van der Waals surface area contributed by atoms with Gasteiger partial charge in [0.2, 0.25) is 5.91 Å². The normalized spacial score (nSPS) is 13.4. The summed E-state index contributed by atoms with van der Waals surface area (Å²) in [6, 6.07) is 9.86. The van der Waals surface area contributed by atoms with Crippen LogP contribution < -0.4 is 10.6 Å². The maximum absolute atomic E-state index is 12.4. The number of ether oxygens (including phenoxy) is 1. The molecule has 0 fully saturated rings. The van der Waals surface area contributed by atoms with Gasteiger partial charge in [-0.3, -0.25) is 14.4 Å². The molecule has 0 saturated carbocycles. The van der Waals surface area contributed by atoms with Gasteiger partial charge >= 0.3 is 5.97 Å². The Labute approximate surface area is 192 Å². The van der Waals surface area contributed by atoms with E-state index in [0.717, 1.165) is 52.6 Å². The van der Waals surface area contributed by atoms with E-state index in [1.807, 2.05) is 38.1 Å². The summed E-state index contributed by atoms with van der Waals surface area (Å²) in [5.41, 5.74) is 6.71. The molecule has 4 rings (SSSR count). The average Bonchev–Trinajstić information content (AvgIpc) is 3.39. The summed E-state index contributed by atoms with van der Waals surface area (Å²) in [7, 11) is 0. The minimum absolute atomic E-state index is 0.0104. The fourth-order valence-corrected chi connectivity index (χ4v) is 4.24. The smallest absolute Gasteiger partial charge is 0.311 e. The fourth-order valence-electron chi connectivity index (χ4n) is 4.24. The van der Waals surface area contributed by atoms with E-state index in [0.29, 0.717) is 0 Å². The second-order valence-corrected chi connectivity index (χ2v) is 8.57. The van der Waals surface area contributed by atoms with Crippen molar-refractivity contribution in [2.75, 3.05) is 11.9 Å². The Morgan fingerprint density at radius 2 is 1.79 bits per heavy atom. The molecule has 1 atom stereocenters. The molecule has 2 amide bonds. The zero-order chi connectivity index (χ0) is 23.5. The number of furan rings is 1. The molecule has 0 radical (unpaired) electrons. The van der Waals surface area contributed by atoms with Crippen molar-refractivity contribution in [2.24, 2.45) is 0 Å². The molecule has 1 heterocycles. The quantitative estimate of drug-likeness (QED) is 0.536. The number of carbonyl (C=O) groups excluding carboxylic acids is 3. The lowest BCUT2D eigenvalue weighted by atomic mass is 10.0. The van der Waals surface area contributed by atoms with Crippen LogP contribution >= 0.6 is 0 Å². The number of amides is 2. The number of anilines is 1. The van der Waals surface area contributed by atoms with Gasteiger partial charge in [0.15, 0.2) is 6.10 Å². The van der Waals surface area contributed by atoms with Crippen LogP contribution in [0.4, 0.5) is 5.69 Å². The SMILES string of the molecule is Cc1cccc(C)c1NC(=O)CNC(=O)C(C)OC(=O)Cc1coc2cc3c(cc12)CCC3. The highest BCUT2D eigenvalue weighted by Crippen LogP contribution is 2.30. The van der Waals surface area contributed by atoms with Gasteiger partial charge in [-0.2, -0.15) is 0 Å². The summed E-state index contributed by atoms with van der Waals surface area (Å²) in [4.78, 5) is 37.0. The fraction of sp³-hybridized carbons (Fsp3) is 0.346. The van der Waals surface area contributed by atoms with Crippen molar-refractivity contribution in [1.82, 2.24) is 5.32 Å². The van der Waals surface area contributed by atoms with Gasteiger partial charge in [-0.25, -0.2) is 0 Å². The van der Waals surface area contributed by atoms with Crippen LogP contribution in [0.5, 0.6) is 0 Å². The third kappa shape index (κ3) is 5.08. The summed E-state index contributed by atoms with van der Waals surface area (Å²) in [5.74, 6) is -1.41. The molecule has 1 aliphatic carbocycles. The molecule has 7 heteroatoms. The van der Waals surface area contributed by atoms with Crippen LogP contribution in [0.1, 0.15) is 41.2 Å². The predicted molar refractivity (Wildman–Crippen MR) is 125 cm³/mol. The molecular weight excluding hydrogens is 420 g/mol. The third-order valence-electron chi connectivity index (χ3n) is 6.05. The standard InChI is InChI=1S/C26H28N2O5/c1-15-6-4-7-16(2)25(15)28-23(29)13-27-26(31)17(3)33-24(30)12-20-14-32-22-11-19-9-5-8-18(19)10-21(20)22/h4,6-7,10-11,14,17H,5,8-9,12-13H2,1-3H3,(H,27,31)(H,28,29). The second-order valence-electron chi connectivity index (χ2n) is 8.57. The first-order chi connectivity index (χ1) is 15.8. The van der Waals surface area contributed by atoms with Crippen LogP contribution in [-0.2, 0) is 38.4 Å². The number of rotatable bonds is 7. The summed E-state index contributed by atoms with van der Waals surface area (Å²) in [6.07, 6.45) is 3.79. The molecule has 0 aliphatic heterocycles. The number of esters is 1. The Bertz CT molecular complexity index is 1210. The van der Waals surface area contributed by atoms with Gasteiger partial charge in [0.1, 0.15) is 5.58 Å². The van der Waals surface area contributed by atoms with Gasteiger partial charge in [0.25, 0.3) is 5.91 Å². The van der Waals surface area contributed by atoms with E-state index in [4.69, 9.17) is 9.15 Å². The van der Waals surface area contributed by atoms with Gasteiger partial charge in [-0.1, -0.05) is 18.2 Å². The van der Waals surface area contributed by atoms with Crippen molar-refractivity contribution < 1.29 is 23.5 Å². The molecule has 7 nitrogen and oxygen atoms in total.